The maximum absolute atomic E-state index is 9.14. The van der Waals surface area contributed by atoms with Gasteiger partial charge in [-0.15, -0.1) is 0 Å². The molecule has 5 atom stereocenters. The van der Waals surface area contributed by atoms with E-state index in [9.17, 15) is 0 Å². The van der Waals surface area contributed by atoms with Crippen LogP contribution < -0.4 is 0 Å². The molecule has 0 amide bonds. The van der Waals surface area contributed by atoms with E-state index in [1.165, 1.54) is 0 Å². The van der Waals surface area contributed by atoms with Crippen molar-refractivity contribution in [2.75, 3.05) is 6.61 Å². The molecule has 3 aliphatic rings. The maximum atomic E-state index is 9.14. The first-order valence-electron chi connectivity index (χ1n) is 5.01. The molecule has 1 N–H and O–H groups in total. The van der Waals surface area contributed by atoms with Crippen LogP contribution in [0.5, 0.6) is 0 Å². The number of rotatable bonds is 1. The molecule has 1 spiro atoms. The summed E-state index contributed by atoms with van der Waals surface area (Å²) in [5.41, 5.74) is 0.329. The molecule has 3 aliphatic carbocycles. The molecule has 13 heavy (non-hydrogen) atoms. The van der Waals surface area contributed by atoms with Gasteiger partial charge in [0.25, 0.3) is 0 Å². The number of hydrogen-bond donors (Lipinski definition) is 1. The van der Waals surface area contributed by atoms with Crippen molar-refractivity contribution >= 4 is 0 Å². The number of nitriles is 1. The molecule has 2 bridgehead atoms. The zero-order valence-electron chi connectivity index (χ0n) is 7.48. The number of allylic oxidation sites excluding steroid dienone is 2. The first-order chi connectivity index (χ1) is 6.32. The number of aliphatic hydroxyl groups excluding tert-OH is 1. The minimum atomic E-state index is 0.228. The summed E-state index contributed by atoms with van der Waals surface area (Å²) in [4.78, 5) is 0. The Morgan fingerprint density at radius 2 is 2.38 bits per heavy atom. The Bertz CT molecular complexity index is 317. The third kappa shape index (κ3) is 0.683. The number of hydrogen-bond acceptors (Lipinski definition) is 2. The van der Waals surface area contributed by atoms with Gasteiger partial charge in [-0.3, -0.25) is 0 Å². The van der Waals surface area contributed by atoms with Gasteiger partial charge in [-0.2, -0.15) is 5.26 Å². The minimum absolute atomic E-state index is 0.228. The van der Waals surface area contributed by atoms with Crippen LogP contribution in [-0.4, -0.2) is 11.7 Å². The van der Waals surface area contributed by atoms with Gasteiger partial charge in [0.15, 0.2) is 0 Å². The fourth-order valence-corrected chi connectivity index (χ4v) is 3.68. The Balaban J connectivity index is 1.93. The van der Waals surface area contributed by atoms with E-state index in [1.807, 2.05) is 0 Å². The lowest BCUT2D eigenvalue weighted by Crippen LogP contribution is -2.15. The van der Waals surface area contributed by atoms with Crippen LogP contribution >= 0.6 is 0 Å². The van der Waals surface area contributed by atoms with E-state index < -0.39 is 0 Å². The van der Waals surface area contributed by atoms with Gasteiger partial charge >= 0.3 is 0 Å². The predicted molar refractivity (Wildman–Crippen MR) is 47.5 cm³/mol. The second-order valence-electron chi connectivity index (χ2n) is 4.68. The van der Waals surface area contributed by atoms with Crippen LogP contribution in [0.2, 0.25) is 0 Å². The molecule has 0 heterocycles. The van der Waals surface area contributed by atoms with Crippen molar-refractivity contribution in [2.45, 2.75) is 12.8 Å². The molecule has 2 unspecified atom stereocenters. The first kappa shape index (κ1) is 7.58. The lowest BCUT2D eigenvalue weighted by Gasteiger charge is -2.15. The first-order valence-corrected chi connectivity index (χ1v) is 5.01. The predicted octanol–water partition coefficient (Wildman–Crippen LogP) is 1.33. The van der Waals surface area contributed by atoms with Crippen LogP contribution in [0.15, 0.2) is 12.2 Å². The topological polar surface area (TPSA) is 44.0 Å². The Hall–Kier alpha value is -0.810. The van der Waals surface area contributed by atoms with Crippen LogP contribution in [0.4, 0.5) is 0 Å². The van der Waals surface area contributed by atoms with Crippen molar-refractivity contribution in [3.05, 3.63) is 12.2 Å². The van der Waals surface area contributed by atoms with E-state index in [4.69, 9.17) is 10.4 Å². The second-order valence-corrected chi connectivity index (χ2v) is 4.68. The number of nitrogens with zero attached hydrogens (tertiary/aromatic N) is 1. The lowest BCUT2D eigenvalue weighted by atomic mass is 9.87. The highest BCUT2D eigenvalue weighted by Crippen LogP contribution is 2.73. The SMILES string of the molecule is N#C[C@H]1C[C@H]2C=C[C@@H]1C21CC1CO. The van der Waals surface area contributed by atoms with Gasteiger partial charge in [0.2, 0.25) is 0 Å². The summed E-state index contributed by atoms with van der Waals surface area (Å²) in [6, 6.07) is 2.40. The van der Waals surface area contributed by atoms with Crippen LogP contribution in [0.3, 0.4) is 0 Å². The van der Waals surface area contributed by atoms with E-state index in [0.29, 0.717) is 29.8 Å². The Morgan fingerprint density at radius 1 is 1.54 bits per heavy atom. The quantitative estimate of drug-likeness (QED) is 0.611. The van der Waals surface area contributed by atoms with Crippen molar-refractivity contribution in [1.82, 2.24) is 0 Å². The molecule has 0 saturated heterocycles. The standard InChI is InChI=1S/C11H13NO/c12-5-7-3-8-1-2-10(7)11(8)4-9(11)6-13/h1-2,7-10,13H,3-4,6H2/t7-,8-,9?,10+,11?/m1/s1. The average molecular weight is 175 g/mol. The fourth-order valence-electron chi connectivity index (χ4n) is 3.68. The molecule has 2 saturated carbocycles. The maximum Gasteiger partial charge on any atom is 0.0662 e. The molecule has 0 aromatic rings. The molecule has 0 aromatic heterocycles. The monoisotopic (exact) mass is 175 g/mol. The van der Waals surface area contributed by atoms with Gasteiger partial charge in [0.1, 0.15) is 0 Å². The normalized spacial score (nSPS) is 55.7. The molecule has 2 nitrogen and oxygen atoms in total. The molecule has 0 aromatic carbocycles. The van der Waals surface area contributed by atoms with E-state index in [2.05, 4.69) is 18.2 Å². The summed E-state index contributed by atoms with van der Waals surface area (Å²) in [5.74, 6) is 1.77. The summed E-state index contributed by atoms with van der Waals surface area (Å²) in [6.45, 7) is 0.312. The highest BCUT2D eigenvalue weighted by molar-refractivity contribution is 5.31. The molecule has 0 aliphatic heterocycles. The van der Waals surface area contributed by atoms with Gasteiger partial charge in [-0.1, -0.05) is 12.2 Å². The van der Waals surface area contributed by atoms with Crippen LogP contribution in [0, 0.1) is 40.4 Å². The Labute approximate surface area is 77.9 Å². The van der Waals surface area contributed by atoms with Crippen molar-refractivity contribution in [2.24, 2.45) is 29.1 Å². The molecule has 2 fully saturated rings. The third-order valence-electron chi connectivity index (χ3n) is 4.39. The Morgan fingerprint density at radius 3 is 2.92 bits per heavy atom. The van der Waals surface area contributed by atoms with Crippen molar-refractivity contribution in [1.29, 1.82) is 5.26 Å². The van der Waals surface area contributed by atoms with Crippen molar-refractivity contribution < 1.29 is 5.11 Å². The van der Waals surface area contributed by atoms with Crippen LogP contribution in [0.25, 0.3) is 0 Å². The van der Waals surface area contributed by atoms with Gasteiger partial charge in [0.05, 0.1) is 12.0 Å². The number of aliphatic hydroxyl groups is 1. The summed E-state index contributed by atoms with van der Waals surface area (Å²) in [5, 5.41) is 18.1. The largest absolute Gasteiger partial charge is 0.396 e. The summed E-state index contributed by atoms with van der Waals surface area (Å²) in [7, 11) is 0. The molecule has 3 rings (SSSR count). The summed E-state index contributed by atoms with van der Waals surface area (Å²) >= 11 is 0. The highest BCUT2D eigenvalue weighted by Gasteiger charge is 2.68. The van der Waals surface area contributed by atoms with E-state index in [0.717, 1.165) is 12.8 Å². The molecule has 68 valence electrons. The second kappa shape index (κ2) is 2.16. The van der Waals surface area contributed by atoms with Gasteiger partial charge in [-0.05, 0) is 36.0 Å². The summed E-state index contributed by atoms with van der Waals surface area (Å²) in [6.07, 6.45) is 6.67. The average Bonchev–Trinajstić information content (AvgIpc) is 2.72. The van der Waals surface area contributed by atoms with E-state index in [-0.39, 0.29) is 5.92 Å². The van der Waals surface area contributed by atoms with E-state index in [1.54, 1.807) is 0 Å². The third-order valence-corrected chi connectivity index (χ3v) is 4.39. The van der Waals surface area contributed by atoms with Gasteiger partial charge in [-0.25, -0.2) is 0 Å². The minimum Gasteiger partial charge on any atom is -0.396 e. The van der Waals surface area contributed by atoms with Crippen molar-refractivity contribution in [3.8, 4) is 6.07 Å². The van der Waals surface area contributed by atoms with Crippen LogP contribution in [0.1, 0.15) is 12.8 Å². The van der Waals surface area contributed by atoms with Gasteiger partial charge in [0, 0.05) is 6.61 Å². The Kier molecular flexibility index (Phi) is 1.26. The zero-order chi connectivity index (χ0) is 9.05. The van der Waals surface area contributed by atoms with Crippen molar-refractivity contribution in [3.63, 3.8) is 0 Å². The smallest absolute Gasteiger partial charge is 0.0662 e. The zero-order valence-corrected chi connectivity index (χ0v) is 7.48. The molecule has 0 radical (unpaired) electrons. The molecule has 2 heteroatoms. The van der Waals surface area contributed by atoms with Crippen LogP contribution in [-0.2, 0) is 0 Å². The fraction of sp³-hybridized carbons (Fsp3) is 0.727. The molecular formula is C11H13NO. The molecular weight excluding hydrogens is 162 g/mol. The summed E-state index contributed by atoms with van der Waals surface area (Å²) < 4.78 is 0. The lowest BCUT2D eigenvalue weighted by molar-refractivity contribution is 0.228. The van der Waals surface area contributed by atoms with Gasteiger partial charge < -0.3 is 5.11 Å². The van der Waals surface area contributed by atoms with E-state index >= 15 is 0 Å². The highest BCUT2D eigenvalue weighted by atomic mass is 16.3.